The van der Waals surface area contributed by atoms with Crippen LogP contribution in [0.3, 0.4) is 0 Å². The van der Waals surface area contributed by atoms with Crippen LogP contribution in [-0.4, -0.2) is 31.0 Å². The predicted octanol–water partition coefficient (Wildman–Crippen LogP) is 1.50. The molecule has 0 aromatic carbocycles. The fourth-order valence-corrected chi connectivity index (χ4v) is 3.10. The molecular weight excluding hydrogens is 259 g/mol. The third kappa shape index (κ3) is 1.79. The zero-order valence-electron chi connectivity index (χ0n) is 9.41. The average molecular weight is 270 g/mol. The van der Waals surface area contributed by atoms with E-state index in [0.717, 1.165) is 0 Å². The minimum absolute atomic E-state index is 0.162. The highest BCUT2D eigenvalue weighted by Crippen LogP contribution is 2.31. The van der Waals surface area contributed by atoms with E-state index in [1.54, 1.807) is 18.2 Å². The normalized spacial score (nSPS) is 20.6. The molecule has 0 N–H and O–H groups in total. The van der Waals surface area contributed by atoms with Crippen LogP contribution in [0.2, 0.25) is 0 Å². The summed E-state index contributed by atoms with van der Waals surface area (Å²) in [7, 11) is -4.81. The number of ether oxygens (including phenoxy) is 1. The van der Waals surface area contributed by atoms with Crippen LogP contribution < -0.4 is 0 Å². The van der Waals surface area contributed by atoms with Crippen molar-refractivity contribution in [3.05, 3.63) is 30.1 Å². The molecule has 3 heterocycles. The van der Waals surface area contributed by atoms with Crippen molar-refractivity contribution in [2.45, 2.75) is 17.4 Å². The van der Waals surface area contributed by atoms with Gasteiger partial charge in [0.1, 0.15) is 5.65 Å². The quantitative estimate of drug-likeness (QED) is 0.776. The molecule has 96 valence electrons. The molecule has 1 aliphatic heterocycles. The van der Waals surface area contributed by atoms with E-state index < -0.39 is 10.2 Å². The van der Waals surface area contributed by atoms with Crippen LogP contribution in [0.4, 0.5) is 3.89 Å². The van der Waals surface area contributed by atoms with Crippen LogP contribution in [0.5, 0.6) is 0 Å². The second kappa shape index (κ2) is 4.03. The summed E-state index contributed by atoms with van der Waals surface area (Å²) in [6.45, 7) is 0.927. The third-order valence-corrected chi connectivity index (χ3v) is 3.93. The van der Waals surface area contributed by atoms with Gasteiger partial charge in [-0.3, -0.25) is 4.40 Å². The second-order valence-electron chi connectivity index (χ2n) is 4.23. The Morgan fingerprint density at radius 3 is 2.94 bits per heavy atom. The highest BCUT2D eigenvalue weighted by Gasteiger charge is 2.31. The molecule has 5 nitrogen and oxygen atoms in total. The monoisotopic (exact) mass is 270 g/mol. The number of nitrogens with zero attached hydrogens (tertiary/aromatic N) is 2. The maximum absolute atomic E-state index is 13.5. The molecule has 7 heteroatoms. The highest BCUT2D eigenvalue weighted by molar-refractivity contribution is 7.86. The molecule has 0 saturated carbocycles. The first-order chi connectivity index (χ1) is 8.57. The van der Waals surface area contributed by atoms with Crippen molar-refractivity contribution >= 4 is 15.9 Å². The van der Waals surface area contributed by atoms with Gasteiger partial charge in [-0.05, 0) is 18.6 Å². The van der Waals surface area contributed by atoms with Gasteiger partial charge in [0.15, 0.2) is 5.03 Å². The molecule has 0 radical (unpaired) electrons. The Bertz CT molecular complexity index is 689. The van der Waals surface area contributed by atoms with Gasteiger partial charge in [0.05, 0.1) is 12.3 Å². The molecule has 3 rings (SSSR count). The van der Waals surface area contributed by atoms with Gasteiger partial charge in [-0.1, -0.05) is 9.95 Å². The number of imidazole rings is 1. The van der Waals surface area contributed by atoms with Gasteiger partial charge >= 0.3 is 10.2 Å². The van der Waals surface area contributed by atoms with Gasteiger partial charge in [0, 0.05) is 18.7 Å². The first-order valence-corrected chi connectivity index (χ1v) is 6.95. The predicted molar refractivity (Wildman–Crippen MR) is 61.7 cm³/mol. The number of fused-ring (bicyclic) bond motifs is 1. The first-order valence-electron chi connectivity index (χ1n) is 5.57. The number of aromatic nitrogens is 2. The van der Waals surface area contributed by atoms with Gasteiger partial charge in [-0.2, -0.15) is 8.42 Å². The minimum Gasteiger partial charge on any atom is -0.381 e. The fourth-order valence-electron chi connectivity index (χ4n) is 2.25. The summed E-state index contributed by atoms with van der Waals surface area (Å²) < 4.78 is 42.6. The van der Waals surface area contributed by atoms with Gasteiger partial charge in [-0.15, -0.1) is 0 Å². The van der Waals surface area contributed by atoms with Crippen LogP contribution in [0.1, 0.15) is 18.0 Å². The van der Waals surface area contributed by atoms with E-state index in [-0.39, 0.29) is 16.6 Å². The second-order valence-corrected chi connectivity index (χ2v) is 5.49. The molecule has 2 aromatic heterocycles. The lowest BCUT2D eigenvalue weighted by Crippen LogP contribution is -2.06. The number of rotatable bonds is 2. The zero-order valence-corrected chi connectivity index (χ0v) is 10.2. The molecule has 1 saturated heterocycles. The summed E-state index contributed by atoms with van der Waals surface area (Å²) in [6, 6.07) is 5.01. The van der Waals surface area contributed by atoms with E-state index >= 15 is 0 Å². The first kappa shape index (κ1) is 11.6. The zero-order chi connectivity index (χ0) is 12.8. The Labute approximate surface area is 103 Å². The van der Waals surface area contributed by atoms with Crippen LogP contribution in [-0.2, 0) is 15.0 Å². The Hall–Kier alpha value is -1.47. The number of hydrogen-bond acceptors (Lipinski definition) is 4. The standard InChI is InChI=1S/C11H11FN2O3S/c12-18(15,16)11-10(8-4-6-17-7-8)13-9-3-1-2-5-14(9)11/h1-3,5,8H,4,6-7H2. The smallest absolute Gasteiger partial charge is 0.350 e. The van der Waals surface area contributed by atoms with Crippen molar-refractivity contribution in [2.24, 2.45) is 0 Å². The number of pyridine rings is 1. The fraction of sp³-hybridized carbons (Fsp3) is 0.364. The lowest BCUT2D eigenvalue weighted by molar-refractivity contribution is 0.193. The molecular formula is C11H11FN2O3S. The molecule has 1 fully saturated rings. The Morgan fingerprint density at radius 1 is 1.44 bits per heavy atom. The van der Waals surface area contributed by atoms with E-state index in [2.05, 4.69) is 4.98 Å². The molecule has 0 aliphatic carbocycles. The van der Waals surface area contributed by atoms with E-state index in [4.69, 9.17) is 4.74 Å². The molecule has 0 bridgehead atoms. The lowest BCUT2D eigenvalue weighted by Gasteiger charge is -2.05. The lowest BCUT2D eigenvalue weighted by atomic mass is 10.1. The number of halogens is 1. The maximum atomic E-state index is 13.5. The topological polar surface area (TPSA) is 60.7 Å². The third-order valence-electron chi connectivity index (χ3n) is 3.06. The number of hydrogen-bond donors (Lipinski definition) is 0. The molecule has 1 unspecified atom stereocenters. The minimum atomic E-state index is -4.81. The van der Waals surface area contributed by atoms with Gasteiger partial charge < -0.3 is 4.74 Å². The summed E-state index contributed by atoms with van der Waals surface area (Å²) in [4.78, 5) is 4.22. The summed E-state index contributed by atoms with van der Waals surface area (Å²) in [5.41, 5.74) is 0.692. The van der Waals surface area contributed by atoms with Crippen molar-refractivity contribution in [2.75, 3.05) is 13.2 Å². The average Bonchev–Trinajstić information content (AvgIpc) is 2.94. The molecule has 0 amide bonds. The van der Waals surface area contributed by atoms with Crippen LogP contribution >= 0.6 is 0 Å². The van der Waals surface area contributed by atoms with Gasteiger partial charge in [0.2, 0.25) is 0 Å². The SMILES string of the molecule is O=S(=O)(F)c1c(C2CCOC2)nc2ccccn12. The van der Waals surface area contributed by atoms with Crippen molar-refractivity contribution in [1.29, 1.82) is 0 Å². The van der Waals surface area contributed by atoms with Gasteiger partial charge in [-0.25, -0.2) is 4.98 Å². The Balaban J connectivity index is 2.30. The van der Waals surface area contributed by atoms with Crippen molar-refractivity contribution < 1.29 is 17.0 Å². The van der Waals surface area contributed by atoms with E-state index in [1.165, 1.54) is 10.6 Å². The Morgan fingerprint density at radius 2 is 2.28 bits per heavy atom. The molecule has 0 spiro atoms. The summed E-state index contributed by atoms with van der Waals surface area (Å²) >= 11 is 0. The summed E-state index contributed by atoms with van der Waals surface area (Å²) in [5.74, 6) is -0.162. The van der Waals surface area contributed by atoms with Crippen molar-refractivity contribution in [3.8, 4) is 0 Å². The maximum Gasteiger partial charge on any atom is 0.350 e. The summed E-state index contributed by atoms with van der Waals surface area (Å²) in [5, 5.41) is -0.367. The highest BCUT2D eigenvalue weighted by atomic mass is 32.3. The molecule has 18 heavy (non-hydrogen) atoms. The molecule has 2 aromatic rings. The van der Waals surface area contributed by atoms with Crippen LogP contribution in [0.15, 0.2) is 29.4 Å². The summed E-state index contributed by atoms with van der Waals surface area (Å²) in [6.07, 6.45) is 2.15. The van der Waals surface area contributed by atoms with Crippen molar-refractivity contribution in [3.63, 3.8) is 0 Å². The Kier molecular flexibility index (Phi) is 2.60. The van der Waals surface area contributed by atoms with Gasteiger partial charge in [0.25, 0.3) is 0 Å². The molecule has 1 aliphatic rings. The largest absolute Gasteiger partial charge is 0.381 e. The van der Waals surface area contributed by atoms with Crippen molar-refractivity contribution in [1.82, 2.24) is 9.38 Å². The van der Waals surface area contributed by atoms with Crippen LogP contribution in [0, 0.1) is 0 Å². The van der Waals surface area contributed by atoms with E-state index in [1.807, 2.05) is 0 Å². The van der Waals surface area contributed by atoms with Crippen LogP contribution in [0.25, 0.3) is 5.65 Å². The van der Waals surface area contributed by atoms with E-state index in [9.17, 15) is 12.3 Å². The molecule has 1 atom stereocenters. The van der Waals surface area contributed by atoms with E-state index in [0.29, 0.717) is 25.3 Å².